The zero-order valence-electron chi connectivity index (χ0n) is 15.3. The number of amides is 2. The molecule has 5 heteroatoms. The Hall–Kier alpha value is -2.95. The molecule has 0 spiro atoms. The van der Waals surface area contributed by atoms with E-state index in [0.29, 0.717) is 11.3 Å². The summed E-state index contributed by atoms with van der Waals surface area (Å²) in [7, 11) is 0. The summed E-state index contributed by atoms with van der Waals surface area (Å²) in [6.45, 7) is 5.80. The third-order valence-electron chi connectivity index (χ3n) is 4.59. The second-order valence-corrected chi connectivity index (χ2v) is 6.78. The van der Waals surface area contributed by atoms with Gasteiger partial charge in [-0.15, -0.1) is 0 Å². The van der Waals surface area contributed by atoms with Crippen LogP contribution in [0, 0.1) is 19.8 Å². The van der Waals surface area contributed by atoms with Crippen LogP contribution in [0.25, 0.3) is 0 Å². The number of hydrogen-bond donors (Lipinski definition) is 2. The van der Waals surface area contributed by atoms with E-state index in [-0.39, 0.29) is 17.7 Å². The standard InChI is InChI=1S/C21H23N3O2/c1-13-7-8-18(11-14(13)2)21(26)24-23-15(3)17-5-4-6-19(12-17)22-20(25)16-9-10-16/h4-8,11-12,16H,9-10H2,1-3H3,(H,22,25)(H,24,26). The van der Waals surface area contributed by atoms with E-state index in [4.69, 9.17) is 0 Å². The number of carbonyl (C=O) groups is 2. The van der Waals surface area contributed by atoms with Gasteiger partial charge in [0.05, 0.1) is 5.71 Å². The van der Waals surface area contributed by atoms with E-state index in [1.807, 2.05) is 57.2 Å². The van der Waals surface area contributed by atoms with Gasteiger partial charge >= 0.3 is 0 Å². The lowest BCUT2D eigenvalue weighted by Gasteiger charge is -2.08. The Balaban J connectivity index is 1.67. The number of carbonyl (C=O) groups excluding carboxylic acids is 2. The summed E-state index contributed by atoms with van der Waals surface area (Å²) in [6, 6.07) is 13.0. The van der Waals surface area contributed by atoms with Crippen molar-refractivity contribution in [1.29, 1.82) is 0 Å². The van der Waals surface area contributed by atoms with Crippen LogP contribution in [0.4, 0.5) is 5.69 Å². The van der Waals surface area contributed by atoms with Gasteiger partial charge in [-0.3, -0.25) is 9.59 Å². The van der Waals surface area contributed by atoms with Crippen molar-refractivity contribution >= 4 is 23.2 Å². The Bertz CT molecular complexity index is 883. The number of hydrazone groups is 1. The van der Waals surface area contributed by atoms with Crippen molar-refractivity contribution in [3.63, 3.8) is 0 Å². The molecule has 5 nitrogen and oxygen atoms in total. The molecule has 0 unspecified atom stereocenters. The summed E-state index contributed by atoms with van der Waals surface area (Å²) >= 11 is 0. The normalized spacial score (nSPS) is 14.0. The number of benzene rings is 2. The quantitative estimate of drug-likeness (QED) is 0.636. The molecular formula is C21H23N3O2. The molecule has 1 aliphatic carbocycles. The molecule has 0 saturated heterocycles. The average Bonchev–Trinajstić information content (AvgIpc) is 3.47. The van der Waals surface area contributed by atoms with Crippen LogP contribution in [0.2, 0.25) is 0 Å². The summed E-state index contributed by atoms with van der Waals surface area (Å²) in [6.07, 6.45) is 1.94. The van der Waals surface area contributed by atoms with Crippen LogP contribution in [0.15, 0.2) is 47.6 Å². The third-order valence-corrected chi connectivity index (χ3v) is 4.59. The predicted octanol–water partition coefficient (Wildman–Crippen LogP) is 3.81. The van der Waals surface area contributed by atoms with Crippen LogP contribution >= 0.6 is 0 Å². The Morgan fingerprint density at radius 3 is 2.46 bits per heavy atom. The van der Waals surface area contributed by atoms with Gasteiger partial charge in [0.2, 0.25) is 5.91 Å². The molecule has 2 N–H and O–H groups in total. The van der Waals surface area contributed by atoms with Gasteiger partial charge in [-0.1, -0.05) is 18.2 Å². The van der Waals surface area contributed by atoms with Crippen LogP contribution in [-0.4, -0.2) is 17.5 Å². The lowest BCUT2D eigenvalue weighted by atomic mass is 10.1. The minimum Gasteiger partial charge on any atom is -0.326 e. The summed E-state index contributed by atoms with van der Waals surface area (Å²) in [5, 5.41) is 7.11. The maximum absolute atomic E-state index is 12.3. The highest BCUT2D eigenvalue weighted by Gasteiger charge is 2.29. The fourth-order valence-electron chi connectivity index (χ4n) is 2.56. The zero-order valence-corrected chi connectivity index (χ0v) is 15.3. The van der Waals surface area contributed by atoms with E-state index in [2.05, 4.69) is 15.8 Å². The van der Waals surface area contributed by atoms with Crippen molar-refractivity contribution < 1.29 is 9.59 Å². The van der Waals surface area contributed by atoms with Crippen molar-refractivity contribution in [3.8, 4) is 0 Å². The van der Waals surface area contributed by atoms with Gasteiger partial charge in [-0.25, -0.2) is 5.43 Å². The van der Waals surface area contributed by atoms with E-state index in [9.17, 15) is 9.59 Å². The minimum absolute atomic E-state index is 0.0692. The number of hydrogen-bond acceptors (Lipinski definition) is 3. The molecule has 3 rings (SSSR count). The van der Waals surface area contributed by atoms with Gasteiger partial charge in [0.25, 0.3) is 5.91 Å². The van der Waals surface area contributed by atoms with Crippen LogP contribution < -0.4 is 10.7 Å². The van der Waals surface area contributed by atoms with E-state index >= 15 is 0 Å². The molecule has 2 aromatic carbocycles. The zero-order chi connectivity index (χ0) is 18.7. The molecule has 0 aromatic heterocycles. The Morgan fingerprint density at radius 1 is 1.00 bits per heavy atom. The Morgan fingerprint density at radius 2 is 1.77 bits per heavy atom. The van der Waals surface area contributed by atoms with Gasteiger partial charge in [-0.05, 0) is 74.6 Å². The fraction of sp³-hybridized carbons (Fsp3) is 0.286. The van der Waals surface area contributed by atoms with Gasteiger partial charge in [0.15, 0.2) is 0 Å². The molecule has 1 aliphatic rings. The summed E-state index contributed by atoms with van der Waals surface area (Å²) < 4.78 is 0. The maximum Gasteiger partial charge on any atom is 0.271 e. The number of rotatable bonds is 5. The summed E-state index contributed by atoms with van der Waals surface area (Å²) in [5.41, 5.74) is 7.65. The first kappa shape index (κ1) is 17.9. The fourth-order valence-corrected chi connectivity index (χ4v) is 2.56. The molecule has 1 fully saturated rings. The van der Waals surface area contributed by atoms with Gasteiger partial charge < -0.3 is 5.32 Å². The second kappa shape index (κ2) is 7.52. The predicted molar refractivity (Wildman–Crippen MR) is 103 cm³/mol. The first-order valence-corrected chi connectivity index (χ1v) is 8.77. The SMILES string of the molecule is CC(=NNC(=O)c1ccc(C)c(C)c1)c1cccc(NC(=O)C2CC2)c1. The molecule has 134 valence electrons. The third kappa shape index (κ3) is 4.36. The van der Waals surface area contributed by atoms with Crippen LogP contribution in [0.1, 0.15) is 46.8 Å². The molecule has 1 saturated carbocycles. The molecule has 2 aromatic rings. The van der Waals surface area contributed by atoms with E-state index in [1.165, 1.54) is 0 Å². The highest BCUT2D eigenvalue weighted by atomic mass is 16.2. The van der Waals surface area contributed by atoms with Crippen molar-refractivity contribution in [3.05, 3.63) is 64.7 Å². The molecule has 0 radical (unpaired) electrons. The minimum atomic E-state index is -0.245. The van der Waals surface area contributed by atoms with Crippen molar-refractivity contribution in [2.24, 2.45) is 11.0 Å². The van der Waals surface area contributed by atoms with Gasteiger partial charge in [0.1, 0.15) is 0 Å². The van der Waals surface area contributed by atoms with Crippen LogP contribution in [-0.2, 0) is 4.79 Å². The average molecular weight is 349 g/mol. The number of aryl methyl sites for hydroxylation is 2. The smallest absolute Gasteiger partial charge is 0.271 e. The van der Waals surface area contributed by atoms with Gasteiger partial charge in [0, 0.05) is 17.2 Å². The van der Waals surface area contributed by atoms with Gasteiger partial charge in [-0.2, -0.15) is 5.10 Å². The summed E-state index contributed by atoms with van der Waals surface area (Å²) in [5.74, 6) is -0.0175. The first-order chi connectivity index (χ1) is 12.4. The lowest BCUT2D eigenvalue weighted by Crippen LogP contribution is -2.19. The second-order valence-electron chi connectivity index (χ2n) is 6.78. The first-order valence-electron chi connectivity index (χ1n) is 8.77. The molecule has 26 heavy (non-hydrogen) atoms. The van der Waals surface area contributed by atoms with E-state index < -0.39 is 0 Å². The monoisotopic (exact) mass is 349 g/mol. The number of nitrogens with one attached hydrogen (secondary N) is 2. The molecule has 0 bridgehead atoms. The molecule has 2 amide bonds. The lowest BCUT2D eigenvalue weighted by molar-refractivity contribution is -0.117. The highest BCUT2D eigenvalue weighted by molar-refractivity contribution is 6.02. The van der Waals surface area contributed by atoms with Crippen LogP contribution in [0.3, 0.4) is 0 Å². The summed E-state index contributed by atoms with van der Waals surface area (Å²) in [4.78, 5) is 24.1. The number of anilines is 1. The molecule has 0 heterocycles. The molecular weight excluding hydrogens is 326 g/mol. The Labute approximate surface area is 153 Å². The number of nitrogens with zero attached hydrogens (tertiary/aromatic N) is 1. The van der Waals surface area contributed by atoms with Crippen molar-refractivity contribution in [1.82, 2.24) is 5.43 Å². The largest absolute Gasteiger partial charge is 0.326 e. The maximum atomic E-state index is 12.3. The molecule has 0 aliphatic heterocycles. The topological polar surface area (TPSA) is 70.6 Å². The van der Waals surface area contributed by atoms with Crippen molar-refractivity contribution in [2.45, 2.75) is 33.6 Å². The molecule has 0 atom stereocenters. The van der Waals surface area contributed by atoms with Crippen molar-refractivity contribution in [2.75, 3.05) is 5.32 Å². The van der Waals surface area contributed by atoms with E-state index in [0.717, 1.165) is 35.2 Å². The van der Waals surface area contributed by atoms with Crippen LogP contribution in [0.5, 0.6) is 0 Å². The highest BCUT2D eigenvalue weighted by Crippen LogP contribution is 2.30. The Kier molecular flexibility index (Phi) is 5.16. The van der Waals surface area contributed by atoms with E-state index in [1.54, 1.807) is 6.07 Å².